The first-order chi connectivity index (χ1) is 11.7. The second kappa shape index (κ2) is 6.09. The summed E-state index contributed by atoms with van der Waals surface area (Å²) in [6, 6.07) is 6.75. The summed E-state index contributed by atoms with van der Waals surface area (Å²) in [6.07, 6.45) is 5.86. The number of amides is 1. The first-order valence-electron chi connectivity index (χ1n) is 7.98. The Bertz CT molecular complexity index is 843. The van der Waals surface area contributed by atoms with Crippen molar-refractivity contribution in [3.8, 4) is 0 Å². The summed E-state index contributed by atoms with van der Waals surface area (Å²) >= 11 is 0. The van der Waals surface area contributed by atoms with E-state index in [4.69, 9.17) is 4.42 Å². The molecule has 1 aromatic carbocycles. The minimum absolute atomic E-state index is 0.205. The van der Waals surface area contributed by atoms with Crippen LogP contribution in [0.2, 0.25) is 0 Å². The number of hydrogen-bond acceptors (Lipinski definition) is 5. The highest BCUT2D eigenvalue weighted by molar-refractivity contribution is 5.97. The number of aromatic nitrogens is 3. The minimum atomic E-state index is -0.537. The van der Waals surface area contributed by atoms with Crippen LogP contribution in [0.15, 0.2) is 47.5 Å². The van der Waals surface area contributed by atoms with Gasteiger partial charge in [0.15, 0.2) is 12.0 Å². The number of nitrogens with one attached hydrogen (secondary N) is 1. The predicted molar refractivity (Wildman–Crippen MR) is 86.2 cm³/mol. The van der Waals surface area contributed by atoms with Gasteiger partial charge in [0.2, 0.25) is 0 Å². The molecule has 124 valence electrons. The number of carbonyl (C=O) groups is 1. The van der Waals surface area contributed by atoms with Gasteiger partial charge in [-0.05, 0) is 43.0 Å². The molecule has 3 atom stereocenters. The fourth-order valence-corrected chi connectivity index (χ4v) is 3.35. The van der Waals surface area contributed by atoms with E-state index >= 15 is 0 Å². The largest absolute Gasteiger partial charge is 0.443 e. The van der Waals surface area contributed by atoms with Crippen molar-refractivity contribution in [1.29, 1.82) is 0 Å². The van der Waals surface area contributed by atoms with Crippen LogP contribution < -0.4 is 5.32 Å². The average Bonchev–Trinajstić information content (AvgIpc) is 3.29. The van der Waals surface area contributed by atoms with Crippen molar-refractivity contribution >= 4 is 17.0 Å². The van der Waals surface area contributed by atoms with Crippen LogP contribution in [-0.2, 0) is 6.54 Å². The fraction of sp³-hybridized carbons (Fsp3) is 0.353. The standard InChI is InChI=1S/C17H18N4O3/c22-15-7-11(9-21-5-1-4-19-21)6-13(15)20-17(23)12-2-3-16-14(8-12)18-10-24-16/h1-5,8,10-11,13,15,22H,6-7,9H2,(H,20,23)/t11?,13-,15-/m1/s1. The summed E-state index contributed by atoms with van der Waals surface area (Å²) in [5.41, 5.74) is 1.80. The third-order valence-corrected chi connectivity index (χ3v) is 4.54. The zero-order chi connectivity index (χ0) is 16.5. The van der Waals surface area contributed by atoms with Crippen molar-refractivity contribution < 1.29 is 14.3 Å². The quantitative estimate of drug-likeness (QED) is 0.759. The van der Waals surface area contributed by atoms with Crippen molar-refractivity contribution in [2.24, 2.45) is 5.92 Å². The Morgan fingerprint density at radius 2 is 2.33 bits per heavy atom. The van der Waals surface area contributed by atoms with Gasteiger partial charge in [-0.1, -0.05) is 0 Å². The van der Waals surface area contributed by atoms with E-state index in [1.165, 1.54) is 6.39 Å². The third kappa shape index (κ3) is 2.90. The first kappa shape index (κ1) is 14.9. The Morgan fingerprint density at radius 1 is 1.42 bits per heavy atom. The molecule has 4 rings (SSSR count). The molecule has 1 fully saturated rings. The molecular formula is C17H18N4O3. The molecular weight excluding hydrogens is 308 g/mol. The average molecular weight is 326 g/mol. The van der Waals surface area contributed by atoms with Crippen LogP contribution >= 0.6 is 0 Å². The Morgan fingerprint density at radius 3 is 3.17 bits per heavy atom. The monoisotopic (exact) mass is 326 g/mol. The zero-order valence-electron chi connectivity index (χ0n) is 13.0. The molecule has 3 aromatic rings. The van der Waals surface area contributed by atoms with Crippen molar-refractivity contribution in [2.45, 2.75) is 31.5 Å². The van der Waals surface area contributed by atoms with Gasteiger partial charge in [0.1, 0.15) is 5.52 Å². The van der Waals surface area contributed by atoms with E-state index in [9.17, 15) is 9.90 Å². The first-order valence-corrected chi connectivity index (χ1v) is 7.98. The lowest BCUT2D eigenvalue weighted by Crippen LogP contribution is -2.39. The number of aliphatic hydroxyl groups is 1. The Balaban J connectivity index is 1.41. The summed E-state index contributed by atoms with van der Waals surface area (Å²) < 4.78 is 7.04. The molecule has 7 heteroatoms. The van der Waals surface area contributed by atoms with Gasteiger partial charge in [-0.25, -0.2) is 4.98 Å². The second-order valence-electron chi connectivity index (χ2n) is 6.25. The molecule has 2 aromatic heterocycles. The van der Waals surface area contributed by atoms with Crippen LogP contribution in [0.1, 0.15) is 23.2 Å². The van der Waals surface area contributed by atoms with E-state index in [0.29, 0.717) is 29.0 Å². The van der Waals surface area contributed by atoms with Crippen LogP contribution in [0.3, 0.4) is 0 Å². The number of oxazole rings is 1. The van der Waals surface area contributed by atoms with Crippen LogP contribution in [-0.4, -0.2) is 37.9 Å². The molecule has 24 heavy (non-hydrogen) atoms. The third-order valence-electron chi connectivity index (χ3n) is 4.54. The number of fused-ring (bicyclic) bond motifs is 1. The lowest BCUT2D eigenvalue weighted by Gasteiger charge is -2.16. The number of benzene rings is 1. The molecule has 0 bridgehead atoms. The maximum absolute atomic E-state index is 12.4. The zero-order valence-corrected chi connectivity index (χ0v) is 13.0. The van der Waals surface area contributed by atoms with Crippen LogP contribution in [0.5, 0.6) is 0 Å². The molecule has 1 amide bonds. The number of carbonyl (C=O) groups excluding carboxylic acids is 1. The van der Waals surface area contributed by atoms with Gasteiger partial charge >= 0.3 is 0 Å². The SMILES string of the molecule is O=C(N[C@@H]1CC(Cn2cccn2)C[C@H]1O)c1ccc2ocnc2c1. The van der Waals surface area contributed by atoms with Crippen LogP contribution in [0.4, 0.5) is 0 Å². The second-order valence-corrected chi connectivity index (χ2v) is 6.25. The number of aliphatic hydroxyl groups excluding tert-OH is 1. The van der Waals surface area contributed by atoms with E-state index < -0.39 is 6.10 Å². The summed E-state index contributed by atoms with van der Waals surface area (Å²) in [5.74, 6) is 0.0897. The maximum Gasteiger partial charge on any atom is 0.251 e. The van der Waals surface area contributed by atoms with Gasteiger partial charge in [0.25, 0.3) is 5.91 Å². The molecule has 1 aliphatic carbocycles. The Kier molecular flexibility index (Phi) is 3.78. The van der Waals surface area contributed by atoms with Gasteiger partial charge in [-0.2, -0.15) is 5.10 Å². The number of nitrogens with zero attached hydrogens (tertiary/aromatic N) is 3. The molecule has 0 aliphatic heterocycles. The molecule has 1 unspecified atom stereocenters. The smallest absolute Gasteiger partial charge is 0.251 e. The van der Waals surface area contributed by atoms with Gasteiger partial charge in [-0.15, -0.1) is 0 Å². The summed E-state index contributed by atoms with van der Waals surface area (Å²) in [5, 5.41) is 17.4. The normalized spacial score (nSPS) is 23.6. The lowest BCUT2D eigenvalue weighted by atomic mass is 10.1. The van der Waals surface area contributed by atoms with Gasteiger partial charge in [0.05, 0.1) is 12.1 Å². The maximum atomic E-state index is 12.4. The van der Waals surface area contributed by atoms with Crippen molar-refractivity contribution in [3.05, 3.63) is 48.6 Å². The van der Waals surface area contributed by atoms with Crippen LogP contribution in [0.25, 0.3) is 11.1 Å². The van der Waals surface area contributed by atoms with Crippen LogP contribution in [0, 0.1) is 5.92 Å². The molecule has 7 nitrogen and oxygen atoms in total. The highest BCUT2D eigenvalue weighted by Crippen LogP contribution is 2.27. The lowest BCUT2D eigenvalue weighted by molar-refractivity contribution is 0.0873. The van der Waals surface area contributed by atoms with E-state index in [-0.39, 0.29) is 11.9 Å². The van der Waals surface area contributed by atoms with Crippen molar-refractivity contribution in [3.63, 3.8) is 0 Å². The molecule has 1 saturated carbocycles. The summed E-state index contributed by atoms with van der Waals surface area (Å²) in [6.45, 7) is 0.751. The Labute approximate surface area is 138 Å². The Hall–Kier alpha value is -2.67. The molecule has 0 radical (unpaired) electrons. The molecule has 2 heterocycles. The van der Waals surface area contributed by atoms with Gasteiger partial charge in [0, 0.05) is 24.5 Å². The topological polar surface area (TPSA) is 93.2 Å². The molecule has 1 aliphatic rings. The van der Waals surface area contributed by atoms with E-state index in [1.54, 1.807) is 24.4 Å². The molecule has 0 spiro atoms. The predicted octanol–water partition coefficient (Wildman–Crippen LogP) is 1.59. The van der Waals surface area contributed by atoms with E-state index in [1.807, 2.05) is 16.9 Å². The van der Waals surface area contributed by atoms with Gasteiger partial charge < -0.3 is 14.8 Å². The molecule has 2 N–H and O–H groups in total. The number of rotatable bonds is 4. The van der Waals surface area contributed by atoms with E-state index in [2.05, 4.69) is 15.4 Å². The molecule has 0 saturated heterocycles. The highest BCUT2D eigenvalue weighted by atomic mass is 16.3. The minimum Gasteiger partial charge on any atom is -0.443 e. The van der Waals surface area contributed by atoms with Gasteiger partial charge in [-0.3, -0.25) is 9.48 Å². The van der Waals surface area contributed by atoms with E-state index in [0.717, 1.165) is 13.0 Å². The van der Waals surface area contributed by atoms with Crippen molar-refractivity contribution in [1.82, 2.24) is 20.1 Å². The fourth-order valence-electron chi connectivity index (χ4n) is 3.35. The number of hydrogen-bond donors (Lipinski definition) is 2. The highest BCUT2D eigenvalue weighted by Gasteiger charge is 2.34. The summed E-state index contributed by atoms with van der Waals surface area (Å²) in [7, 11) is 0. The van der Waals surface area contributed by atoms with Crippen molar-refractivity contribution in [2.75, 3.05) is 0 Å². The summed E-state index contributed by atoms with van der Waals surface area (Å²) in [4.78, 5) is 16.5.